The second-order valence-corrected chi connectivity index (χ2v) is 2.57. The van der Waals surface area contributed by atoms with Gasteiger partial charge in [0.2, 0.25) is 6.08 Å². The third kappa shape index (κ3) is 2.84. The molecule has 0 aromatic heterocycles. The van der Waals surface area contributed by atoms with Crippen LogP contribution in [0.25, 0.3) is 0 Å². The summed E-state index contributed by atoms with van der Waals surface area (Å²) in [6.07, 6.45) is 2.14. The summed E-state index contributed by atoms with van der Waals surface area (Å²) in [6, 6.07) is -0.697. The zero-order valence-electron chi connectivity index (χ0n) is 7.53. The maximum atomic E-state index is 11.0. The van der Waals surface area contributed by atoms with Gasteiger partial charge in [0, 0.05) is 0 Å². The minimum Gasteiger partial charge on any atom is -0.467 e. The lowest BCUT2D eigenvalue weighted by molar-refractivity contribution is -0.143. The first-order valence-electron chi connectivity index (χ1n) is 3.82. The van der Waals surface area contributed by atoms with Crippen molar-refractivity contribution in [2.45, 2.75) is 26.3 Å². The molecule has 4 nitrogen and oxygen atoms in total. The van der Waals surface area contributed by atoms with Gasteiger partial charge in [-0.25, -0.2) is 9.59 Å². The minimum atomic E-state index is -0.697. The Kier molecular flexibility index (Phi) is 4.97. The maximum Gasteiger partial charge on any atom is 0.331 e. The van der Waals surface area contributed by atoms with Crippen LogP contribution in [0.2, 0.25) is 0 Å². The molecule has 4 heteroatoms. The number of nitrogens with zero attached hydrogens (tertiary/aromatic N) is 1. The van der Waals surface area contributed by atoms with E-state index in [9.17, 15) is 9.59 Å². The van der Waals surface area contributed by atoms with Crippen LogP contribution >= 0.6 is 0 Å². The Labute approximate surface area is 71.6 Å². The quantitative estimate of drug-likeness (QED) is 0.359. The van der Waals surface area contributed by atoms with Crippen molar-refractivity contribution in [3.63, 3.8) is 0 Å². The van der Waals surface area contributed by atoms with E-state index < -0.39 is 12.0 Å². The summed E-state index contributed by atoms with van der Waals surface area (Å²) in [5.74, 6) is -0.466. The van der Waals surface area contributed by atoms with E-state index in [1.165, 1.54) is 13.2 Å². The lowest BCUT2D eigenvalue weighted by Gasteiger charge is -2.13. The van der Waals surface area contributed by atoms with Gasteiger partial charge in [0.1, 0.15) is 0 Å². The number of ether oxygens (including phenoxy) is 1. The van der Waals surface area contributed by atoms with Crippen LogP contribution in [-0.2, 0) is 14.3 Å². The van der Waals surface area contributed by atoms with Gasteiger partial charge in [0.25, 0.3) is 0 Å². The lowest BCUT2D eigenvalue weighted by atomic mass is 10.0. The number of carbonyl (C=O) groups is 1. The average molecular weight is 171 g/mol. The van der Waals surface area contributed by atoms with E-state index in [-0.39, 0.29) is 5.92 Å². The van der Waals surface area contributed by atoms with Crippen LogP contribution in [0.4, 0.5) is 0 Å². The van der Waals surface area contributed by atoms with Gasteiger partial charge >= 0.3 is 5.97 Å². The summed E-state index contributed by atoms with van der Waals surface area (Å²) in [4.78, 5) is 24.3. The molecular weight excluding hydrogens is 158 g/mol. The summed E-state index contributed by atoms with van der Waals surface area (Å²) in [5, 5.41) is 0. The van der Waals surface area contributed by atoms with Crippen LogP contribution < -0.4 is 0 Å². The fourth-order valence-corrected chi connectivity index (χ4v) is 0.813. The predicted octanol–water partition coefficient (Wildman–Crippen LogP) is 0.910. The highest BCUT2D eigenvalue weighted by molar-refractivity contribution is 5.77. The van der Waals surface area contributed by atoms with Gasteiger partial charge in [-0.1, -0.05) is 20.3 Å². The molecule has 0 aliphatic heterocycles. The number of esters is 1. The molecule has 0 aromatic carbocycles. The van der Waals surface area contributed by atoms with Crippen molar-refractivity contribution < 1.29 is 14.3 Å². The molecule has 0 rings (SSSR count). The van der Waals surface area contributed by atoms with Gasteiger partial charge < -0.3 is 4.74 Å². The number of aliphatic imine (C=N–C) groups is 1. The zero-order chi connectivity index (χ0) is 9.56. The van der Waals surface area contributed by atoms with E-state index in [4.69, 9.17) is 0 Å². The SMILES string of the molecule is CC[C@H](C)[C@H](N=C=O)C(=O)OC. The van der Waals surface area contributed by atoms with Crippen molar-refractivity contribution in [3.05, 3.63) is 0 Å². The molecule has 2 atom stereocenters. The third-order valence-corrected chi connectivity index (χ3v) is 1.82. The highest BCUT2D eigenvalue weighted by Crippen LogP contribution is 2.11. The number of isocyanates is 1. The second-order valence-electron chi connectivity index (χ2n) is 2.57. The van der Waals surface area contributed by atoms with Gasteiger partial charge in [0.05, 0.1) is 7.11 Å². The first-order chi connectivity index (χ1) is 5.67. The van der Waals surface area contributed by atoms with E-state index in [0.29, 0.717) is 0 Å². The number of rotatable bonds is 4. The number of hydrogen-bond donors (Lipinski definition) is 0. The second kappa shape index (κ2) is 5.49. The van der Waals surface area contributed by atoms with Gasteiger partial charge in [-0.2, -0.15) is 4.99 Å². The van der Waals surface area contributed by atoms with E-state index in [1.807, 2.05) is 13.8 Å². The van der Waals surface area contributed by atoms with Crippen LogP contribution in [-0.4, -0.2) is 25.2 Å². The van der Waals surface area contributed by atoms with Crippen molar-refractivity contribution in [1.82, 2.24) is 0 Å². The zero-order valence-corrected chi connectivity index (χ0v) is 7.53. The Morgan fingerprint density at radius 1 is 1.67 bits per heavy atom. The molecule has 0 unspecified atom stereocenters. The molecule has 0 spiro atoms. The first kappa shape index (κ1) is 10.8. The lowest BCUT2D eigenvalue weighted by Crippen LogP contribution is -2.26. The smallest absolute Gasteiger partial charge is 0.331 e. The molecule has 0 aliphatic carbocycles. The van der Waals surface area contributed by atoms with E-state index in [1.54, 1.807) is 0 Å². The van der Waals surface area contributed by atoms with Crippen LogP contribution in [0.15, 0.2) is 4.99 Å². The molecule has 0 aromatic rings. The van der Waals surface area contributed by atoms with Gasteiger partial charge in [-0.3, -0.25) is 0 Å². The summed E-state index contributed by atoms with van der Waals surface area (Å²) in [5.41, 5.74) is 0. The highest BCUT2D eigenvalue weighted by Gasteiger charge is 2.23. The molecule has 0 amide bonds. The van der Waals surface area contributed by atoms with Gasteiger partial charge in [0.15, 0.2) is 6.04 Å². The maximum absolute atomic E-state index is 11.0. The molecule has 0 radical (unpaired) electrons. The molecule has 0 heterocycles. The summed E-state index contributed by atoms with van der Waals surface area (Å²) < 4.78 is 4.48. The van der Waals surface area contributed by atoms with Crippen molar-refractivity contribution in [2.75, 3.05) is 7.11 Å². The number of hydrogen-bond acceptors (Lipinski definition) is 4. The van der Waals surface area contributed by atoms with E-state index in [2.05, 4.69) is 9.73 Å². The Morgan fingerprint density at radius 3 is 2.58 bits per heavy atom. The molecule has 0 saturated heterocycles. The number of carbonyl (C=O) groups excluding carboxylic acids is 2. The van der Waals surface area contributed by atoms with Crippen LogP contribution in [0, 0.1) is 5.92 Å². The molecule has 0 fully saturated rings. The standard InChI is InChI=1S/C8H13NO3/c1-4-6(2)7(9-5-10)8(11)12-3/h6-7H,4H2,1-3H3/t6-,7-/m0/s1. The highest BCUT2D eigenvalue weighted by atomic mass is 16.5. The third-order valence-electron chi connectivity index (χ3n) is 1.82. The van der Waals surface area contributed by atoms with Crippen LogP contribution in [0.5, 0.6) is 0 Å². The Balaban J connectivity index is 4.42. The molecule has 68 valence electrons. The van der Waals surface area contributed by atoms with E-state index >= 15 is 0 Å². The predicted molar refractivity (Wildman–Crippen MR) is 43.4 cm³/mol. The molecule has 0 saturated carbocycles. The van der Waals surface area contributed by atoms with Crippen LogP contribution in [0.1, 0.15) is 20.3 Å². The average Bonchev–Trinajstić information content (AvgIpc) is 2.11. The largest absolute Gasteiger partial charge is 0.467 e. The van der Waals surface area contributed by atoms with E-state index in [0.717, 1.165) is 6.42 Å². The topological polar surface area (TPSA) is 55.7 Å². The molecular formula is C8H13NO3. The first-order valence-corrected chi connectivity index (χ1v) is 3.82. The fraction of sp³-hybridized carbons (Fsp3) is 0.750. The van der Waals surface area contributed by atoms with Crippen molar-refractivity contribution >= 4 is 12.0 Å². The molecule has 0 N–H and O–H groups in total. The summed E-state index contributed by atoms with van der Waals surface area (Å²) >= 11 is 0. The number of methoxy groups -OCH3 is 1. The normalized spacial score (nSPS) is 14.2. The van der Waals surface area contributed by atoms with Crippen molar-refractivity contribution in [3.8, 4) is 0 Å². The molecule has 0 aliphatic rings. The van der Waals surface area contributed by atoms with Crippen molar-refractivity contribution in [1.29, 1.82) is 0 Å². The molecule has 12 heavy (non-hydrogen) atoms. The fourth-order valence-electron chi connectivity index (χ4n) is 0.813. The van der Waals surface area contributed by atoms with Crippen molar-refractivity contribution in [2.24, 2.45) is 10.9 Å². The Bertz CT molecular complexity index is 196. The van der Waals surface area contributed by atoms with Crippen LogP contribution in [0.3, 0.4) is 0 Å². The van der Waals surface area contributed by atoms with Gasteiger partial charge in [-0.05, 0) is 5.92 Å². The summed E-state index contributed by atoms with van der Waals surface area (Å²) in [6.45, 7) is 3.75. The molecule has 0 bridgehead atoms. The monoisotopic (exact) mass is 171 g/mol. The van der Waals surface area contributed by atoms with Gasteiger partial charge in [-0.15, -0.1) is 0 Å². The Morgan fingerprint density at radius 2 is 2.25 bits per heavy atom. The minimum absolute atomic E-state index is 0.0129. The Hall–Kier alpha value is -1.15. The summed E-state index contributed by atoms with van der Waals surface area (Å²) in [7, 11) is 1.28.